The van der Waals surface area contributed by atoms with Gasteiger partial charge in [0, 0.05) is 32.3 Å². The molecule has 0 unspecified atom stereocenters. The summed E-state index contributed by atoms with van der Waals surface area (Å²) in [5.41, 5.74) is 4.22. The molecule has 0 aromatic heterocycles. The molecule has 1 heterocycles. The summed E-state index contributed by atoms with van der Waals surface area (Å²) in [6.07, 6.45) is 11.3. The van der Waals surface area contributed by atoms with Crippen LogP contribution in [0.25, 0.3) is 0 Å². The number of benzene rings is 1. The Hall–Kier alpha value is -2.53. The predicted molar refractivity (Wildman–Crippen MR) is 130 cm³/mol. The average molecular weight is 429 g/mol. The number of hydrogen-bond acceptors (Lipinski definition) is 3. The highest BCUT2D eigenvalue weighted by atomic mass is 16.6. The van der Waals surface area contributed by atoms with E-state index in [0.717, 1.165) is 12.0 Å². The zero-order chi connectivity index (χ0) is 23.7. The van der Waals surface area contributed by atoms with Gasteiger partial charge in [-0.05, 0) is 68.2 Å². The first-order valence-corrected chi connectivity index (χ1v) is 11.1. The first-order valence-electron chi connectivity index (χ1n) is 11.1. The number of hydrogen-bond donors (Lipinski definition) is 2. The first-order chi connectivity index (χ1) is 14.5. The van der Waals surface area contributed by atoms with E-state index >= 15 is 0 Å². The van der Waals surface area contributed by atoms with Gasteiger partial charge in [0.15, 0.2) is 0 Å². The molecular formula is C26H42N3O2+. The molecule has 1 amide bonds. The van der Waals surface area contributed by atoms with Crippen LogP contribution in [-0.2, 0) is 16.7 Å². The molecule has 0 fully saturated rings. The number of nitrogens with zero attached hydrogens (tertiary/aromatic N) is 1. The summed E-state index contributed by atoms with van der Waals surface area (Å²) in [5, 5.41) is 5.01. The topological polar surface area (TPSA) is 58.2 Å². The maximum atomic E-state index is 12.0. The highest BCUT2D eigenvalue weighted by Crippen LogP contribution is 2.33. The van der Waals surface area contributed by atoms with E-state index in [-0.39, 0.29) is 5.41 Å². The van der Waals surface area contributed by atoms with Crippen LogP contribution >= 0.6 is 0 Å². The number of alkyl carbamates (subject to hydrolysis) is 1. The molecule has 3 N–H and O–H groups in total. The van der Waals surface area contributed by atoms with Crippen LogP contribution in [-0.4, -0.2) is 30.7 Å². The minimum Gasteiger partial charge on any atom is -0.444 e. The zero-order valence-corrected chi connectivity index (χ0v) is 20.9. The third-order valence-electron chi connectivity index (χ3n) is 4.66. The van der Waals surface area contributed by atoms with E-state index in [9.17, 15) is 4.79 Å². The Balaban J connectivity index is 0.00000233. The molecule has 1 aliphatic heterocycles. The van der Waals surface area contributed by atoms with E-state index in [1.54, 1.807) is 0 Å². The van der Waals surface area contributed by atoms with Crippen LogP contribution in [0, 0.1) is 0 Å². The number of rotatable bonds is 4. The van der Waals surface area contributed by atoms with E-state index in [0.29, 0.717) is 6.54 Å². The highest BCUT2D eigenvalue weighted by molar-refractivity contribution is 5.67. The Kier molecular flexibility index (Phi) is 10.0. The van der Waals surface area contributed by atoms with Crippen LogP contribution in [0.4, 0.5) is 10.5 Å². The Labute approximate surface area is 189 Å². The van der Waals surface area contributed by atoms with Gasteiger partial charge in [-0.2, -0.15) is 0 Å². The normalized spacial score (nSPS) is 18.2. The molecule has 0 aliphatic carbocycles. The van der Waals surface area contributed by atoms with Crippen LogP contribution in [0.1, 0.15) is 66.0 Å². The van der Waals surface area contributed by atoms with Crippen molar-refractivity contribution < 1.29 is 14.8 Å². The molecule has 1 aliphatic rings. The Morgan fingerprint density at radius 1 is 1.26 bits per heavy atom. The molecule has 0 atom stereocenters. The second-order valence-corrected chi connectivity index (χ2v) is 9.37. The molecule has 0 radical (unpaired) electrons. The minimum atomic E-state index is -0.497. The van der Waals surface area contributed by atoms with Crippen molar-refractivity contribution in [3.05, 3.63) is 65.5 Å². The second-order valence-electron chi connectivity index (χ2n) is 9.37. The second kappa shape index (κ2) is 11.8. The van der Waals surface area contributed by atoms with Crippen molar-refractivity contribution >= 4 is 11.8 Å². The summed E-state index contributed by atoms with van der Waals surface area (Å²) in [6.45, 7) is 14.6. The average Bonchev–Trinajstić information content (AvgIpc) is 2.73. The fourth-order valence-electron chi connectivity index (χ4n) is 3.11. The molecule has 0 bridgehead atoms. The maximum absolute atomic E-state index is 12.0. The maximum Gasteiger partial charge on any atom is 0.407 e. The molecule has 5 heteroatoms. The Bertz CT molecular complexity index is 812. The largest absolute Gasteiger partial charge is 0.444 e. The summed E-state index contributed by atoms with van der Waals surface area (Å²) < 4.78 is 5.33. The number of carbonyl (C=O) groups is 1. The molecule has 5 nitrogen and oxygen atoms in total. The van der Waals surface area contributed by atoms with Gasteiger partial charge in [-0.25, -0.2) is 4.79 Å². The number of ether oxygens (including phenoxy) is 1. The molecule has 0 saturated heterocycles. The lowest BCUT2D eigenvalue weighted by Crippen LogP contribution is -2.71. The van der Waals surface area contributed by atoms with Crippen LogP contribution < -0.4 is 10.6 Å². The van der Waals surface area contributed by atoms with Crippen LogP contribution in [0.5, 0.6) is 0 Å². The van der Waals surface area contributed by atoms with Crippen molar-refractivity contribution in [2.45, 2.75) is 72.4 Å². The van der Waals surface area contributed by atoms with Crippen LogP contribution in [0.3, 0.4) is 0 Å². The number of quaternary nitrogens is 1. The zero-order valence-electron chi connectivity index (χ0n) is 20.9. The molecule has 0 spiro atoms. The van der Waals surface area contributed by atoms with Crippen molar-refractivity contribution in [3.8, 4) is 0 Å². The van der Waals surface area contributed by atoms with Gasteiger partial charge >= 0.3 is 6.09 Å². The Morgan fingerprint density at radius 3 is 2.55 bits per heavy atom. The molecular weight excluding hydrogens is 386 g/mol. The highest BCUT2D eigenvalue weighted by Gasteiger charge is 2.26. The fraction of sp³-hybridized carbons (Fsp3) is 0.500. The molecule has 0 saturated carbocycles. The molecule has 172 valence electrons. The van der Waals surface area contributed by atoms with Gasteiger partial charge in [-0.15, -0.1) is 0 Å². The third kappa shape index (κ3) is 9.43. The van der Waals surface area contributed by atoms with Gasteiger partial charge in [-0.3, -0.25) is 5.32 Å². The smallest absolute Gasteiger partial charge is 0.407 e. The van der Waals surface area contributed by atoms with E-state index in [1.165, 1.54) is 16.8 Å². The molecule has 1 aromatic carbocycles. The minimum absolute atomic E-state index is 0.0308. The fourth-order valence-corrected chi connectivity index (χ4v) is 3.11. The lowest BCUT2D eigenvalue weighted by atomic mass is 9.79. The number of allylic oxidation sites excluding steroid dienone is 4. The number of amides is 1. The number of nitrogens with one attached hydrogen (secondary N) is 1. The van der Waals surface area contributed by atoms with Gasteiger partial charge in [0.1, 0.15) is 11.3 Å². The summed E-state index contributed by atoms with van der Waals surface area (Å²) in [7, 11) is 4.04. The summed E-state index contributed by atoms with van der Waals surface area (Å²) in [6, 6.07) is 6.40. The van der Waals surface area contributed by atoms with Gasteiger partial charge in [-0.1, -0.05) is 39.8 Å². The van der Waals surface area contributed by atoms with E-state index < -0.39 is 11.7 Å². The van der Waals surface area contributed by atoms with Gasteiger partial charge in [0.25, 0.3) is 0 Å². The Morgan fingerprint density at radius 2 is 1.94 bits per heavy atom. The molecule has 31 heavy (non-hydrogen) atoms. The van der Waals surface area contributed by atoms with Gasteiger partial charge in [0.05, 0.1) is 6.20 Å². The predicted octanol–water partition coefficient (Wildman–Crippen LogP) is 5.13. The summed E-state index contributed by atoms with van der Waals surface area (Å²) in [5.74, 6) is 0. The van der Waals surface area contributed by atoms with Crippen molar-refractivity contribution in [1.29, 1.82) is 0 Å². The van der Waals surface area contributed by atoms with Crippen molar-refractivity contribution in [3.63, 3.8) is 0 Å². The lowest BCUT2D eigenvalue weighted by molar-refractivity contribution is -0.497. The molecule has 2 rings (SSSR count). The first kappa shape index (κ1) is 26.5. The van der Waals surface area contributed by atoms with Gasteiger partial charge in [0.2, 0.25) is 0 Å². The van der Waals surface area contributed by atoms with Gasteiger partial charge < -0.3 is 15.0 Å². The van der Waals surface area contributed by atoms with E-state index in [2.05, 4.69) is 73.3 Å². The monoisotopic (exact) mass is 428 g/mol. The summed E-state index contributed by atoms with van der Waals surface area (Å²) in [4.78, 5) is 14.0. The number of fused-ring (bicyclic) bond motifs is 1. The van der Waals surface area contributed by atoms with Crippen molar-refractivity contribution in [2.24, 2.45) is 0 Å². The standard InChI is InChI=1S/C24H35N3O2.C2H6/c1-23(2,3)29-22(28)26-17-19-8-9-21-20(16-19)24(4,5)13-10-18(11-14-25-21)12-15-27(6)7;1-2/h8-12,14-16,25H,13,17H2,1-7H3,(H,26,28);1-2H3/p+1/b14-11-,15-12+,18-10+;. The SMILES string of the molecule is CC.CN(C)/C=C/C1=C/CC(C)(C)c2cc(CNC(=O)OC(C)(C)C)ccc2[NH2+]/C=C\1. The summed E-state index contributed by atoms with van der Waals surface area (Å²) >= 11 is 0. The lowest BCUT2D eigenvalue weighted by Gasteiger charge is -2.25. The van der Waals surface area contributed by atoms with E-state index in [1.807, 2.05) is 53.6 Å². The van der Waals surface area contributed by atoms with Crippen molar-refractivity contribution in [2.75, 3.05) is 14.1 Å². The van der Waals surface area contributed by atoms with E-state index in [4.69, 9.17) is 4.74 Å². The van der Waals surface area contributed by atoms with Crippen molar-refractivity contribution in [1.82, 2.24) is 10.2 Å². The molecule has 1 aromatic rings. The number of nitrogens with two attached hydrogens (primary N) is 1. The quantitative estimate of drug-likeness (QED) is 0.654. The third-order valence-corrected chi connectivity index (χ3v) is 4.66. The number of carbonyl (C=O) groups excluding carboxylic acids is 1. The van der Waals surface area contributed by atoms with Crippen LogP contribution in [0.2, 0.25) is 0 Å². The van der Waals surface area contributed by atoms with Crippen LogP contribution in [0.15, 0.2) is 54.4 Å².